The maximum atomic E-state index is 13.5. The lowest BCUT2D eigenvalue weighted by Crippen LogP contribution is -2.34. The van der Waals surface area contributed by atoms with Crippen LogP contribution in [0.3, 0.4) is 0 Å². The van der Waals surface area contributed by atoms with Gasteiger partial charge in [0.05, 0.1) is 11.9 Å². The van der Waals surface area contributed by atoms with E-state index in [1.165, 1.54) is 12.1 Å². The summed E-state index contributed by atoms with van der Waals surface area (Å²) in [6.45, 7) is 1.94. The van der Waals surface area contributed by atoms with E-state index in [4.69, 9.17) is 0 Å². The monoisotopic (exact) mass is 560 g/mol. The highest BCUT2D eigenvalue weighted by atomic mass is 19.1. The Balaban J connectivity index is 1.16. The Bertz CT molecular complexity index is 1890. The molecule has 6 aromatic rings. The van der Waals surface area contributed by atoms with E-state index in [9.17, 15) is 9.18 Å². The molecule has 0 unspecified atom stereocenters. The first-order chi connectivity index (χ1) is 20.4. The normalized spacial score (nSPS) is 10.8. The first-order valence-electron chi connectivity index (χ1n) is 13.0. The number of carbonyl (C=O) groups is 1. The fraction of sp³-hybridized carbons (Fsp3) is 0.0667. The third kappa shape index (κ3) is 5.68. The Morgan fingerprint density at radius 2 is 1.79 bits per heavy atom. The molecule has 0 fully saturated rings. The van der Waals surface area contributed by atoms with Gasteiger partial charge in [-0.25, -0.2) is 24.1 Å². The number of hydrazine groups is 1. The van der Waals surface area contributed by atoms with Crippen molar-refractivity contribution < 1.29 is 9.18 Å². The van der Waals surface area contributed by atoms with Gasteiger partial charge in [-0.2, -0.15) is 5.10 Å². The molecule has 0 spiro atoms. The molecule has 208 valence electrons. The van der Waals surface area contributed by atoms with Crippen LogP contribution in [0.15, 0.2) is 91.5 Å². The fourth-order valence-corrected chi connectivity index (χ4v) is 4.38. The summed E-state index contributed by atoms with van der Waals surface area (Å²) in [7, 11) is 1.77. The van der Waals surface area contributed by atoms with Gasteiger partial charge in [0.1, 0.15) is 11.6 Å². The largest absolute Gasteiger partial charge is 0.337 e. The number of halogens is 1. The second kappa shape index (κ2) is 11.3. The summed E-state index contributed by atoms with van der Waals surface area (Å²) in [5.41, 5.74) is 11.5. The zero-order chi connectivity index (χ0) is 29.1. The molecule has 0 saturated heterocycles. The summed E-state index contributed by atoms with van der Waals surface area (Å²) in [5, 5.41) is 11.1. The molecule has 11 nitrogen and oxygen atoms in total. The summed E-state index contributed by atoms with van der Waals surface area (Å²) in [4.78, 5) is 30.4. The van der Waals surface area contributed by atoms with Gasteiger partial charge in [-0.05, 0) is 72.1 Å². The van der Waals surface area contributed by atoms with Gasteiger partial charge in [-0.1, -0.05) is 18.2 Å². The van der Waals surface area contributed by atoms with Crippen LogP contribution in [0, 0.1) is 12.7 Å². The maximum absolute atomic E-state index is 13.5. The van der Waals surface area contributed by atoms with E-state index in [-0.39, 0.29) is 5.82 Å². The molecule has 6 rings (SSSR count). The highest BCUT2D eigenvalue weighted by Crippen LogP contribution is 2.30. The van der Waals surface area contributed by atoms with Crippen LogP contribution >= 0.6 is 0 Å². The average molecular weight is 561 g/mol. The Morgan fingerprint density at radius 1 is 0.929 bits per heavy atom. The molecule has 4 N–H and O–H groups in total. The number of aryl methyl sites for hydroxylation is 2. The SMILES string of the molecule is Cc1ccc(NC(=O)NNc2cc(-c3ccc(F)cc3)c3cnn(C)c3n2)cc1Nc1nccc(-c2cccnc2)n1. The van der Waals surface area contributed by atoms with Gasteiger partial charge in [0.15, 0.2) is 5.65 Å². The molecule has 2 amide bonds. The number of hydrogen-bond donors (Lipinski definition) is 4. The molecule has 42 heavy (non-hydrogen) atoms. The van der Waals surface area contributed by atoms with Crippen molar-refractivity contribution in [2.24, 2.45) is 7.05 Å². The minimum absolute atomic E-state index is 0.327. The Hall–Kier alpha value is -5.91. The second-order valence-electron chi connectivity index (χ2n) is 9.43. The number of urea groups is 1. The van der Waals surface area contributed by atoms with Gasteiger partial charge in [0.25, 0.3) is 0 Å². The van der Waals surface area contributed by atoms with Crippen molar-refractivity contribution in [3.63, 3.8) is 0 Å². The molecule has 4 aromatic heterocycles. The third-order valence-electron chi connectivity index (χ3n) is 6.52. The van der Waals surface area contributed by atoms with E-state index >= 15 is 0 Å². The minimum Gasteiger partial charge on any atom is -0.324 e. The number of amides is 2. The van der Waals surface area contributed by atoms with Crippen LogP contribution < -0.4 is 21.5 Å². The summed E-state index contributed by atoms with van der Waals surface area (Å²) in [6, 6.07) is 18.5. The summed E-state index contributed by atoms with van der Waals surface area (Å²) in [5.74, 6) is 0.473. The number of benzene rings is 2. The first kappa shape index (κ1) is 26.3. The third-order valence-corrected chi connectivity index (χ3v) is 6.52. The predicted molar refractivity (Wildman–Crippen MR) is 159 cm³/mol. The van der Waals surface area contributed by atoms with Gasteiger partial charge < -0.3 is 10.6 Å². The molecular weight excluding hydrogens is 535 g/mol. The number of pyridine rings is 2. The van der Waals surface area contributed by atoms with E-state index in [1.807, 2.05) is 31.2 Å². The Morgan fingerprint density at radius 3 is 2.60 bits per heavy atom. The number of nitrogens with zero attached hydrogens (tertiary/aromatic N) is 6. The highest BCUT2D eigenvalue weighted by Gasteiger charge is 2.13. The van der Waals surface area contributed by atoms with Crippen molar-refractivity contribution in [3.05, 3.63) is 103 Å². The number of carbonyl (C=O) groups excluding carboxylic acids is 1. The number of hydrogen-bond acceptors (Lipinski definition) is 8. The number of aromatic nitrogens is 6. The molecule has 0 atom stereocenters. The lowest BCUT2D eigenvalue weighted by Gasteiger charge is -2.14. The standard InChI is InChI=1S/C30H25FN10O/c1-18-5-10-22(14-26(18)37-29-33-13-11-25(36-29)20-4-3-12-32-16-20)35-30(42)40-39-27-15-23(19-6-8-21(31)9-7-19)24-17-34-41(2)28(24)38-27/h3-17H,1-2H3,(H,38,39)(H,33,36,37)(H2,35,40,42). The van der Waals surface area contributed by atoms with Gasteiger partial charge >= 0.3 is 6.03 Å². The molecule has 4 heterocycles. The zero-order valence-electron chi connectivity index (χ0n) is 22.6. The van der Waals surface area contributed by atoms with Crippen LogP contribution in [0.5, 0.6) is 0 Å². The number of rotatable bonds is 7. The molecular formula is C30H25FN10O. The van der Waals surface area contributed by atoms with Crippen molar-refractivity contribution in [1.82, 2.24) is 35.1 Å². The van der Waals surface area contributed by atoms with Gasteiger partial charge in [0.2, 0.25) is 5.95 Å². The highest BCUT2D eigenvalue weighted by molar-refractivity contribution is 5.95. The Labute approximate surface area is 239 Å². The molecule has 0 aliphatic heterocycles. The van der Waals surface area contributed by atoms with E-state index in [0.29, 0.717) is 23.1 Å². The van der Waals surface area contributed by atoms with Crippen LogP contribution in [-0.4, -0.2) is 35.7 Å². The lowest BCUT2D eigenvalue weighted by atomic mass is 10.0. The zero-order valence-corrected chi connectivity index (χ0v) is 22.6. The molecule has 0 bridgehead atoms. The van der Waals surface area contributed by atoms with E-state index in [1.54, 1.807) is 66.8 Å². The second-order valence-corrected chi connectivity index (χ2v) is 9.43. The number of anilines is 4. The van der Waals surface area contributed by atoms with Crippen molar-refractivity contribution in [1.29, 1.82) is 0 Å². The van der Waals surface area contributed by atoms with E-state index < -0.39 is 6.03 Å². The first-order valence-corrected chi connectivity index (χ1v) is 13.0. The quantitative estimate of drug-likeness (QED) is 0.179. The van der Waals surface area contributed by atoms with E-state index in [0.717, 1.165) is 39.0 Å². The van der Waals surface area contributed by atoms with Crippen molar-refractivity contribution in [3.8, 4) is 22.4 Å². The molecule has 12 heteroatoms. The fourth-order valence-electron chi connectivity index (χ4n) is 4.38. The van der Waals surface area contributed by atoms with Gasteiger partial charge in [-0.15, -0.1) is 0 Å². The van der Waals surface area contributed by atoms with Crippen LogP contribution in [0.2, 0.25) is 0 Å². The van der Waals surface area contributed by atoms with E-state index in [2.05, 4.69) is 46.5 Å². The summed E-state index contributed by atoms with van der Waals surface area (Å²) < 4.78 is 15.1. The van der Waals surface area contributed by atoms with Crippen LogP contribution in [-0.2, 0) is 7.05 Å². The summed E-state index contributed by atoms with van der Waals surface area (Å²) in [6.07, 6.45) is 6.82. The van der Waals surface area contributed by atoms with Crippen molar-refractivity contribution in [2.45, 2.75) is 6.92 Å². The van der Waals surface area contributed by atoms with Crippen LogP contribution in [0.1, 0.15) is 5.56 Å². The number of nitrogens with one attached hydrogen (secondary N) is 4. The predicted octanol–water partition coefficient (Wildman–Crippen LogP) is 5.83. The molecule has 0 radical (unpaired) electrons. The molecule has 2 aromatic carbocycles. The molecule has 0 aliphatic rings. The van der Waals surface area contributed by atoms with Gasteiger partial charge in [-0.3, -0.25) is 20.5 Å². The molecule has 0 aliphatic carbocycles. The van der Waals surface area contributed by atoms with Gasteiger partial charge in [0, 0.05) is 48.0 Å². The van der Waals surface area contributed by atoms with Crippen molar-refractivity contribution >= 4 is 40.2 Å². The number of fused-ring (bicyclic) bond motifs is 1. The van der Waals surface area contributed by atoms with Crippen LogP contribution in [0.25, 0.3) is 33.4 Å². The smallest absolute Gasteiger partial charge is 0.324 e. The topological polar surface area (TPSA) is 135 Å². The summed E-state index contributed by atoms with van der Waals surface area (Å²) >= 11 is 0. The average Bonchev–Trinajstić information content (AvgIpc) is 3.39. The van der Waals surface area contributed by atoms with Crippen molar-refractivity contribution in [2.75, 3.05) is 16.1 Å². The minimum atomic E-state index is -0.505. The molecule has 0 saturated carbocycles. The lowest BCUT2D eigenvalue weighted by molar-refractivity contribution is 0.254. The van der Waals surface area contributed by atoms with Crippen LogP contribution in [0.4, 0.5) is 32.3 Å². The maximum Gasteiger partial charge on any atom is 0.337 e. The Kier molecular flexibility index (Phi) is 7.08.